The summed E-state index contributed by atoms with van der Waals surface area (Å²) in [7, 11) is 0. The second-order valence-electron chi connectivity index (χ2n) is 5.57. The Morgan fingerprint density at radius 1 is 1.23 bits per heavy atom. The van der Waals surface area contributed by atoms with E-state index in [2.05, 4.69) is 10.3 Å². The zero-order valence-corrected chi connectivity index (χ0v) is 15.2. The first-order chi connectivity index (χ1) is 12.6. The normalized spacial score (nSPS) is 14.0. The number of aromatic nitrogens is 2. The molecule has 0 unspecified atom stereocenters. The van der Waals surface area contributed by atoms with Gasteiger partial charge in [-0.3, -0.25) is 19.1 Å². The number of urea groups is 1. The minimum absolute atomic E-state index is 0.0301. The Morgan fingerprint density at radius 2 is 2.04 bits per heavy atom. The van der Waals surface area contributed by atoms with Gasteiger partial charge in [-0.05, 0) is 23.6 Å². The molecule has 26 heavy (non-hydrogen) atoms. The fourth-order valence-corrected chi connectivity index (χ4v) is 4.36. The van der Waals surface area contributed by atoms with Crippen molar-refractivity contribution in [3.8, 4) is 5.69 Å². The molecule has 0 spiro atoms. The van der Waals surface area contributed by atoms with E-state index in [1.165, 1.54) is 20.8 Å². The molecule has 7 nitrogen and oxygen atoms in total. The number of benzene rings is 1. The highest BCUT2D eigenvalue weighted by Gasteiger charge is 2.26. The zero-order chi connectivity index (χ0) is 18.1. The lowest BCUT2D eigenvalue weighted by molar-refractivity contribution is -0.124. The minimum atomic E-state index is -0.378. The van der Waals surface area contributed by atoms with Gasteiger partial charge in [0.25, 0.3) is 5.56 Å². The number of hydrogen-bond donors (Lipinski definition) is 1. The number of hydrogen-bond acceptors (Lipinski definition) is 6. The number of amides is 3. The Hall–Kier alpha value is -2.65. The zero-order valence-electron chi connectivity index (χ0n) is 13.5. The van der Waals surface area contributed by atoms with Gasteiger partial charge in [0.15, 0.2) is 5.16 Å². The van der Waals surface area contributed by atoms with E-state index >= 15 is 0 Å². The molecule has 3 aromatic rings. The van der Waals surface area contributed by atoms with E-state index in [1.54, 1.807) is 6.07 Å². The van der Waals surface area contributed by atoms with Gasteiger partial charge in [-0.25, -0.2) is 9.78 Å². The summed E-state index contributed by atoms with van der Waals surface area (Å²) in [4.78, 5) is 42.6. The summed E-state index contributed by atoms with van der Waals surface area (Å²) >= 11 is 2.50. The Kier molecular flexibility index (Phi) is 4.48. The lowest BCUT2D eigenvalue weighted by atomic mass is 10.3. The average Bonchev–Trinajstić information content (AvgIpc) is 3.29. The number of para-hydroxylation sites is 1. The molecule has 2 aromatic heterocycles. The number of rotatable bonds is 4. The number of imide groups is 1. The van der Waals surface area contributed by atoms with Gasteiger partial charge in [-0.2, -0.15) is 0 Å². The first kappa shape index (κ1) is 16.8. The van der Waals surface area contributed by atoms with Crippen molar-refractivity contribution in [1.82, 2.24) is 19.8 Å². The Labute approximate surface area is 156 Å². The molecule has 1 fully saturated rings. The van der Waals surface area contributed by atoms with Gasteiger partial charge in [-0.1, -0.05) is 30.0 Å². The van der Waals surface area contributed by atoms with Gasteiger partial charge < -0.3 is 5.32 Å². The van der Waals surface area contributed by atoms with E-state index in [1.807, 2.05) is 35.7 Å². The molecule has 0 atom stereocenters. The highest BCUT2D eigenvalue weighted by atomic mass is 32.2. The summed E-state index contributed by atoms with van der Waals surface area (Å²) in [6.45, 7) is 0.823. The Morgan fingerprint density at radius 3 is 2.77 bits per heavy atom. The summed E-state index contributed by atoms with van der Waals surface area (Å²) < 4.78 is 2.09. The number of nitrogens with zero attached hydrogens (tertiary/aromatic N) is 3. The van der Waals surface area contributed by atoms with Crippen LogP contribution in [-0.2, 0) is 4.79 Å². The van der Waals surface area contributed by atoms with Crippen molar-refractivity contribution < 1.29 is 9.59 Å². The van der Waals surface area contributed by atoms with E-state index in [4.69, 9.17) is 0 Å². The monoisotopic (exact) mass is 386 g/mol. The van der Waals surface area contributed by atoms with Gasteiger partial charge in [0.1, 0.15) is 4.70 Å². The molecule has 1 saturated heterocycles. The van der Waals surface area contributed by atoms with Crippen LogP contribution < -0.4 is 10.9 Å². The molecule has 1 aromatic carbocycles. The van der Waals surface area contributed by atoms with Gasteiger partial charge in [0.05, 0.1) is 17.0 Å². The maximum Gasteiger partial charge on any atom is 0.324 e. The smallest absolute Gasteiger partial charge is 0.324 e. The van der Waals surface area contributed by atoms with Crippen LogP contribution in [-0.4, -0.2) is 45.2 Å². The van der Waals surface area contributed by atoms with Crippen LogP contribution in [0.15, 0.2) is 51.7 Å². The maximum atomic E-state index is 12.9. The minimum Gasteiger partial charge on any atom is -0.336 e. The number of carbonyl (C=O) groups excluding carboxylic acids is 2. The van der Waals surface area contributed by atoms with Crippen molar-refractivity contribution in [2.45, 2.75) is 5.16 Å². The molecule has 0 bridgehead atoms. The molecule has 1 aliphatic heterocycles. The van der Waals surface area contributed by atoms with Crippen LogP contribution in [0.4, 0.5) is 4.79 Å². The maximum absolute atomic E-state index is 12.9. The molecule has 0 saturated carbocycles. The molecule has 0 radical (unpaired) electrons. The van der Waals surface area contributed by atoms with Crippen molar-refractivity contribution >= 4 is 45.3 Å². The van der Waals surface area contributed by atoms with Gasteiger partial charge in [0, 0.05) is 13.1 Å². The quantitative estimate of drug-likeness (QED) is 0.548. The lowest BCUT2D eigenvalue weighted by Crippen LogP contribution is -2.35. The SMILES string of the molecule is O=C(CSc1nc2ccsc2c(=O)n1-c1ccccc1)N1CCNC1=O. The topological polar surface area (TPSA) is 84.3 Å². The number of nitrogens with one attached hydrogen (secondary N) is 1. The van der Waals surface area contributed by atoms with E-state index in [0.717, 1.165) is 11.8 Å². The predicted octanol–water partition coefficient (Wildman–Crippen LogP) is 2.09. The summed E-state index contributed by atoms with van der Waals surface area (Å²) in [6.07, 6.45) is 0. The van der Waals surface area contributed by atoms with Crippen molar-refractivity contribution in [2.24, 2.45) is 0 Å². The molecule has 3 heterocycles. The molecule has 1 aliphatic rings. The molecule has 132 valence electrons. The molecule has 0 aliphatic carbocycles. The summed E-state index contributed by atoms with van der Waals surface area (Å²) in [5.74, 6) is -0.271. The lowest BCUT2D eigenvalue weighted by Gasteiger charge is -2.14. The summed E-state index contributed by atoms with van der Waals surface area (Å²) in [6, 6.07) is 10.6. The number of carbonyl (C=O) groups is 2. The number of thioether (sulfide) groups is 1. The molecule has 1 N–H and O–H groups in total. The van der Waals surface area contributed by atoms with E-state index in [9.17, 15) is 14.4 Å². The molecule has 9 heteroatoms. The molecular weight excluding hydrogens is 372 g/mol. The first-order valence-electron chi connectivity index (χ1n) is 7.92. The largest absolute Gasteiger partial charge is 0.336 e. The van der Waals surface area contributed by atoms with E-state index in [-0.39, 0.29) is 23.3 Å². The van der Waals surface area contributed by atoms with Crippen LogP contribution in [0.5, 0.6) is 0 Å². The van der Waals surface area contributed by atoms with Crippen molar-refractivity contribution in [3.05, 3.63) is 52.1 Å². The standard InChI is InChI=1S/C17H14N4O3S2/c22-13(20-8-7-18-16(20)24)10-26-17-19-12-6-9-25-14(12)15(23)21(17)11-4-2-1-3-5-11/h1-6,9H,7-8,10H2,(H,18,24). The van der Waals surface area contributed by atoms with Crippen molar-refractivity contribution in [2.75, 3.05) is 18.8 Å². The number of thiophene rings is 1. The predicted molar refractivity (Wildman–Crippen MR) is 101 cm³/mol. The molecular formula is C17H14N4O3S2. The first-order valence-corrected chi connectivity index (χ1v) is 9.78. The number of fused-ring (bicyclic) bond motifs is 1. The third kappa shape index (κ3) is 2.99. The van der Waals surface area contributed by atoms with Crippen LogP contribution in [0.25, 0.3) is 15.9 Å². The van der Waals surface area contributed by atoms with Crippen LogP contribution in [0.1, 0.15) is 0 Å². The Bertz CT molecular complexity index is 1050. The fraction of sp³-hybridized carbons (Fsp3) is 0.176. The molecule has 3 amide bonds. The van der Waals surface area contributed by atoms with Crippen LogP contribution in [0, 0.1) is 0 Å². The van der Waals surface area contributed by atoms with Crippen LogP contribution in [0.2, 0.25) is 0 Å². The van der Waals surface area contributed by atoms with Crippen molar-refractivity contribution in [3.63, 3.8) is 0 Å². The summed E-state index contributed by atoms with van der Waals surface area (Å²) in [5, 5.41) is 4.86. The van der Waals surface area contributed by atoms with Crippen molar-refractivity contribution in [1.29, 1.82) is 0 Å². The second kappa shape index (κ2) is 6.93. The highest BCUT2D eigenvalue weighted by Crippen LogP contribution is 2.24. The van der Waals surface area contributed by atoms with Gasteiger partial charge >= 0.3 is 6.03 Å². The highest BCUT2D eigenvalue weighted by molar-refractivity contribution is 7.99. The molecule has 4 rings (SSSR count). The van der Waals surface area contributed by atoms with E-state index < -0.39 is 0 Å². The van der Waals surface area contributed by atoms with Crippen LogP contribution in [0.3, 0.4) is 0 Å². The van der Waals surface area contributed by atoms with Gasteiger partial charge in [-0.15, -0.1) is 11.3 Å². The summed E-state index contributed by atoms with van der Waals surface area (Å²) in [5.41, 5.74) is 1.14. The average molecular weight is 386 g/mol. The third-order valence-electron chi connectivity index (χ3n) is 3.95. The van der Waals surface area contributed by atoms with Crippen LogP contribution >= 0.6 is 23.1 Å². The Balaban J connectivity index is 1.70. The van der Waals surface area contributed by atoms with E-state index in [0.29, 0.717) is 34.1 Å². The second-order valence-corrected chi connectivity index (χ2v) is 7.43. The fourth-order valence-electron chi connectivity index (χ4n) is 2.71. The van der Waals surface area contributed by atoms with Gasteiger partial charge in [0.2, 0.25) is 5.91 Å². The third-order valence-corrected chi connectivity index (χ3v) is 5.76.